The van der Waals surface area contributed by atoms with Crippen molar-refractivity contribution in [2.24, 2.45) is 0 Å². The van der Waals surface area contributed by atoms with E-state index in [1.165, 1.54) is 0 Å². The molecule has 1 N–H and O–H groups in total. The van der Waals surface area contributed by atoms with Gasteiger partial charge in [0.25, 0.3) is 11.8 Å². The molecule has 3 nitrogen and oxygen atoms in total. The molecule has 1 heterocycles. The van der Waals surface area contributed by atoms with E-state index in [1.807, 2.05) is 42.5 Å². The molecule has 90 valence electrons. The standard InChI is InChI=1S/C16H9NO2/c18-15-13-7-10-6-5-9-3-1-2-4-11(9)12(10)8-14(13)16(19)17-15/h1-8H,(H,17,18,19). The first kappa shape index (κ1) is 10.3. The van der Waals surface area contributed by atoms with E-state index in [4.69, 9.17) is 0 Å². The van der Waals surface area contributed by atoms with E-state index in [-0.39, 0.29) is 11.8 Å². The number of rotatable bonds is 0. The Labute approximate surface area is 108 Å². The topological polar surface area (TPSA) is 46.2 Å². The molecule has 4 rings (SSSR count). The Morgan fingerprint density at radius 3 is 2.21 bits per heavy atom. The lowest BCUT2D eigenvalue weighted by Gasteiger charge is -2.05. The van der Waals surface area contributed by atoms with Gasteiger partial charge in [-0.05, 0) is 33.7 Å². The molecule has 0 atom stereocenters. The SMILES string of the molecule is O=C1NC(=O)c2cc3c(ccc4ccccc43)cc21. The molecule has 3 heteroatoms. The van der Waals surface area contributed by atoms with E-state index in [2.05, 4.69) is 5.32 Å². The van der Waals surface area contributed by atoms with Crippen molar-refractivity contribution in [3.63, 3.8) is 0 Å². The molecular weight excluding hydrogens is 238 g/mol. The van der Waals surface area contributed by atoms with Gasteiger partial charge in [-0.15, -0.1) is 0 Å². The van der Waals surface area contributed by atoms with Crippen molar-refractivity contribution in [3.8, 4) is 0 Å². The molecule has 0 unspecified atom stereocenters. The van der Waals surface area contributed by atoms with Gasteiger partial charge >= 0.3 is 0 Å². The highest BCUT2D eigenvalue weighted by atomic mass is 16.2. The highest BCUT2D eigenvalue weighted by molar-refractivity contribution is 6.24. The third-order valence-corrected chi connectivity index (χ3v) is 3.60. The summed E-state index contributed by atoms with van der Waals surface area (Å²) in [5.74, 6) is -0.620. The maximum Gasteiger partial charge on any atom is 0.258 e. The van der Waals surface area contributed by atoms with Crippen LogP contribution in [0.1, 0.15) is 20.7 Å². The average molecular weight is 247 g/mol. The third kappa shape index (κ3) is 1.32. The lowest BCUT2D eigenvalue weighted by molar-refractivity contribution is 0.0879. The van der Waals surface area contributed by atoms with Crippen LogP contribution >= 0.6 is 0 Å². The minimum absolute atomic E-state index is 0.310. The molecule has 0 aliphatic carbocycles. The molecule has 19 heavy (non-hydrogen) atoms. The minimum atomic E-state index is -0.310. The summed E-state index contributed by atoms with van der Waals surface area (Å²) < 4.78 is 0. The zero-order chi connectivity index (χ0) is 13.0. The van der Waals surface area contributed by atoms with Gasteiger partial charge in [0.15, 0.2) is 0 Å². The van der Waals surface area contributed by atoms with Crippen molar-refractivity contribution in [1.29, 1.82) is 0 Å². The van der Waals surface area contributed by atoms with Gasteiger partial charge in [0.05, 0.1) is 11.1 Å². The number of hydrogen-bond donors (Lipinski definition) is 1. The summed E-state index contributed by atoms with van der Waals surface area (Å²) in [5.41, 5.74) is 0.932. The van der Waals surface area contributed by atoms with Crippen LogP contribution in [0.15, 0.2) is 48.5 Å². The summed E-state index contributed by atoms with van der Waals surface area (Å²) in [6.07, 6.45) is 0. The van der Waals surface area contributed by atoms with Crippen LogP contribution in [0.4, 0.5) is 0 Å². The third-order valence-electron chi connectivity index (χ3n) is 3.60. The number of imide groups is 1. The Morgan fingerprint density at radius 2 is 1.37 bits per heavy atom. The second kappa shape index (κ2) is 3.42. The second-order valence-electron chi connectivity index (χ2n) is 4.69. The Kier molecular flexibility index (Phi) is 1.85. The molecule has 0 radical (unpaired) electrons. The Hall–Kier alpha value is -2.68. The Balaban J connectivity index is 2.19. The molecular formula is C16H9NO2. The average Bonchev–Trinajstić information content (AvgIpc) is 2.72. The maximum atomic E-state index is 11.7. The summed E-state index contributed by atoms with van der Waals surface area (Å²) in [6.45, 7) is 0. The van der Waals surface area contributed by atoms with Crippen LogP contribution in [0.25, 0.3) is 21.5 Å². The molecule has 3 aromatic carbocycles. The van der Waals surface area contributed by atoms with Crippen LogP contribution in [0.3, 0.4) is 0 Å². The van der Waals surface area contributed by atoms with Crippen molar-refractivity contribution in [1.82, 2.24) is 5.32 Å². The fraction of sp³-hybridized carbons (Fsp3) is 0. The number of fused-ring (bicyclic) bond motifs is 4. The van der Waals surface area contributed by atoms with Crippen LogP contribution in [0, 0.1) is 0 Å². The molecule has 3 aromatic rings. The fourth-order valence-corrected chi connectivity index (χ4v) is 2.67. The number of benzene rings is 3. The van der Waals surface area contributed by atoms with Crippen molar-refractivity contribution in [2.45, 2.75) is 0 Å². The van der Waals surface area contributed by atoms with Crippen molar-refractivity contribution in [3.05, 3.63) is 59.7 Å². The number of carbonyl (C=O) groups excluding carboxylic acids is 2. The van der Waals surface area contributed by atoms with Gasteiger partial charge in [-0.1, -0.05) is 36.4 Å². The van der Waals surface area contributed by atoms with E-state index >= 15 is 0 Å². The van der Waals surface area contributed by atoms with Crippen LogP contribution in [-0.2, 0) is 0 Å². The first-order valence-corrected chi connectivity index (χ1v) is 6.05. The zero-order valence-electron chi connectivity index (χ0n) is 9.94. The maximum absolute atomic E-state index is 11.7. The Morgan fingerprint density at radius 1 is 0.684 bits per heavy atom. The van der Waals surface area contributed by atoms with E-state index in [0.29, 0.717) is 11.1 Å². The quantitative estimate of drug-likeness (QED) is 0.490. The van der Waals surface area contributed by atoms with E-state index in [9.17, 15) is 9.59 Å². The van der Waals surface area contributed by atoms with E-state index in [1.54, 1.807) is 6.07 Å². The van der Waals surface area contributed by atoms with Crippen LogP contribution in [0.5, 0.6) is 0 Å². The molecule has 0 saturated heterocycles. The normalized spacial score (nSPS) is 13.9. The summed E-state index contributed by atoms with van der Waals surface area (Å²) >= 11 is 0. The molecule has 0 saturated carbocycles. The highest BCUT2D eigenvalue weighted by Crippen LogP contribution is 2.29. The van der Waals surface area contributed by atoms with Crippen LogP contribution < -0.4 is 5.32 Å². The van der Waals surface area contributed by atoms with Gasteiger partial charge < -0.3 is 0 Å². The number of hydrogen-bond acceptors (Lipinski definition) is 2. The molecule has 2 amide bonds. The van der Waals surface area contributed by atoms with Gasteiger partial charge in [0.2, 0.25) is 0 Å². The smallest absolute Gasteiger partial charge is 0.258 e. The van der Waals surface area contributed by atoms with Crippen molar-refractivity contribution < 1.29 is 9.59 Å². The van der Waals surface area contributed by atoms with Gasteiger partial charge in [-0.2, -0.15) is 0 Å². The minimum Gasteiger partial charge on any atom is -0.288 e. The molecule has 0 fully saturated rings. The van der Waals surface area contributed by atoms with Crippen LogP contribution in [0.2, 0.25) is 0 Å². The summed E-state index contributed by atoms with van der Waals surface area (Å²) in [5, 5.41) is 6.52. The summed E-state index contributed by atoms with van der Waals surface area (Å²) in [6, 6.07) is 15.6. The lowest BCUT2D eigenvalue weighted by atomic mass is 9.97. The first-order chi connectivity index (χ1) is 9.24. The van der Waals surface area contributed by atoms with E-state index in [0.717, 1.165) is 21.5 Å². The lowest BCUT2D eigenvalue weighted by Crippen LogP contribution is -2.19. The monoisotopic (exact) mass is 247 g/mol. The molecule has 0 spiro atoms. The number of amides is 2. The summed E-state index contributed by atoms with van der Waals surface area (Å²) in [4.78, 5) is 23.4. The van der Waals surface area contributed by atoms with Gasteiger partial charge in [0, 0.05) is 0 Å². The van der Waals surface area contributed by atoms with Gasteiger partial charge in [-0.3, -0.25) is 14.9 Å². The number of nitrogens with one attached hydrogen (secondary N) is 1. The largest absolute Gasteiger partial charge is 0.288 e. The van der Waals surface area contributed by atoms with Gasteiger partial charge in [-0.25, -0.2) is 0 Å². The zero-order valence-corrected chi connectivity index (χ0v) is 9.94. The predicted molar refractivity (Wildman–Crippen MR) is 73.3 cm³/mol. The van der Waals surface area contributed by atoms with Crippen molar-refractivity contribution in [2.75, 3.05) is 0 Å². The Bertz CT molecular complexity index is 880. The molecule has 0 aromatic heterocycles. The first-order valence-electron chi connectivity index (χ1n) is 6.05. The van der Waals surface area contributed by atoms with E-state index < -0.39 is 0 Å². The second-order valence-corrected chi connectivity index (χ2v) is 4.69. The van der Waals surface area contributed by atoms with Gasteiger partial charge in [0.1, 0.15) is 0 Å². The highest BCUT2D eigenvalue weighted by Gasteiger charge is 2.27. The number of carbonyl (C=O) groups is 2. The van der Waals surface area contributed by atoms with Crippen LogP contribution in [-0.4, -0.2) is 11.8 Å². The molecule has 0 bridgehead atoms. The fourth-order valence-electron chi connectivity index (χ4n) is 2.67. The molecule has 1 aliphatic heterocycles. The molecule has 1 aliphatic rings. The predicted octanol–water partition coefficient (Wildman–Crippen LogP) is 2.88. The summed E-state index contributed by atoms with van der Waals surface area (Å²) in [7, 11) is 0. The van der Waals surface area contributed by atoms with Crippen molar-refractivity contribution >= 4 is 33.4 Å².